The molecular formula is C23H29N5O2S. The maximum atomic E-state index is 12.1. The fraction of sp³-hybridized carbons (Fsp3) is 0.435. The van der Waals surface area contributed by atoms with Gasteiger partial charge in [0.15, 0.2) is 5.13 Å². The van der Waals surface area contributed by atoms with E-state index in [0.717, 1.165) is 46.8 Å². The van der Waals surface area contributed by atoms with E-state index in [2.05, 4.69) is 53.6 Å². The summed E-state index contributed by atoms with van der Waals surface area (Å²) in [6.45, 7) is 12.2. The summed E-state index contributed by atoms with van der Waals surface area (Å²) in [5.41, 5.74) is 1.07. The van der Waals surface area contributed by atoms with Crippen LogP contribution in [0.3, 0.4) is 0 Å². The molecule has 0 bridgehead atoms. The molecule has 0 radical (unpaired) electrons. The van der Waals surface area contributed by atoms with Crippen LogP contribution in [0, 0.1) is 12.8 Å². The SMILES string of the molecule is C=CC(=O)N1CCCC(Oc2nc(Nc3ncc(C)s3)cc3c2ccn3CC(C)C)C1. The monoisotopic (exact) mass is 439 g/mol. The number of aromatic nitrogens is 3. The lowest BCUT2D eigenvalue weighted by atomic mass is 10.1. The van der Waals surface area contributed by atoms with E-state index in [9.17, 15) is 4.79 Å². The van der Waals surface area contributed by atoms with Crippen LogP contribution in [0.25, 0.3) is 10.9 Å². The molecule has 31 heavy (non-hydrogen) atoms. The fourth-order valence-electron chi connectivity index (χ4n) is 3.91. The van der Waals surface area contributed by atoms with Gasteiger partial charge in [0.05, 0.1) is 17.4 Å². The molecule has 1 amide bonds. The van der Waals surface area contributed by atoms with Gasteiger partial charge in [-0.2, -0.15) is 4.98 Å². The van der Waals surface area contributed by atoms with Crippen molar-refractivity contribution in [1.82, 2.24) is 19.4 Å². The van der Waals surface area contributed by atoms with Crippen molar-refractivity contribution in [3.8, 4) is 5.88 Å². The number of fused-ring (bicyclic) bond motifs is 1. The molecule has 1 aliphatic heterocycles. The van der Waals surface area contributed by atoms with Gasteiger partial charge in [-0.05, 0) is 37.8 Å². The van der Waals surface area contributed by atoms with Crippen molar-refractivity contribution in [3.05, 3.63) is 42.1 Å². The maximum Gasteiger partial charge on any atom is 0.246 e. The third-order valence-corrected chi connectivity index (χ3v) is 6.12. The van der Waals surface area contributed by atoms with Gasteiger partial charge in [0, 0.05) is 36.4 Å². The summed E-state index contributed by atoms with van der Waals surface area (Å²) in [4.78, 5) is 24.2. The standard InChI is InChI=1S/C23H29N5O2S/c1-5-21(29)28-9-6-7-17(14-28)30-22-18-8-10-27(13-15(2)3)19(18)11-20(25-22)26-23-24-12-16(4)31-23/h5,8,10-12,15,17H,1,6-7,9,13-14H2,2-4H3,(H,24,25,26). The molecule has 7 nitrogen and oxygen atoms in total. The Hall–Kier alpha value is -2.87. The van der Waals surface area contributed by atoms with Crippen molar-refractivity contribution < 1.29 is 9.53 Å². The molecule has 4 rings (SSSR count). The highest BCUT2D eigenvalue weighted by Crippen LogP contribution is 2.32. The molecule has 1 N–H and O–H groups in total. The number of aryl methyl sites for hydroxylation is 1. The number of nitrogens with one attached hydrogen (secondary N) is 1. The number of nitrogens with zero attached hydrogens (tertiary/aromatic N) is 4. The van der Waals surface area contributed by atoms with Crippen LogP contribution in [-0.2, 0) is 11.3 Å². The normalized spacial score (nSPS) is 16.6. The summed E-state index contributed by atoms with van der Waals surface area (Å²) in [6.07, 6.45) is 6.99. The predicted octanol–water partition coefficient (Wildman–Crippen LogP) is 4.76. The molecule has 0 aromatic carbocycles. The maximum absolute atomic E-state index is 12.1. The Bertz CT molecular complexity index is 1090. The Morgan fingerprint density at radius 1 is 1.48 bits per heavy atom. The van der Waals surface area contributed by atoms with Gasteiger partial charge >= 0.3 is 0 Å². The van der Waals surface area contributed by atoms with Crippen LogP contribution in [0.2, 0.25) is 0 Å². The summed E-state index contributed by atoms with van der Waals surface area (Å²) in [7, 11) is 0. The molecule has 8 heteroatoms. The van der Waals surface area contributed by atoms with Gasteiger partial charge in [-0.15, -0.1) is 11.3 Å². The first-order valence-electron chi connectivity index (χ1n) is 10.7. The first-order chi connectivity index (χ1) is 14.9. The quantitative estimate of drug-likeness (QED) is 0.538. The van der Waals surface area contributed by atoms with Crippen LogP contribution in [-0.4, -0.2) is 44.5 Å². The zero-order valence-electron chi connectivity index (χ0n) is 18.3. The number of hydrogen-bond acceptors (Lipinski definition) is 6. The molecule has 164 valence electrons. The molecule has 1 aliphatic rings. The van der Waals surface area contributed by atoms with E-state index in [1.54, 1.807) is 16.2 Å². The van der Waals surface area contributed by atoms with Crippen molar-refractivity contribution in [1.29, 1.82) is 0 Å². The molecule has 1 unspecified atom stereocenters. The Kier molecular flexibility index (Phi) is 6.27. The minimum atomic E-state index is -0.0980. The van der Waals surface area contributed by atoms with Crippen molar-refractivity contribution >= 4 is 39.1 Å². The van der Waals surface area contributed by atoms with E-state index in [4.69, 9.17) is 9.72 Å². The minimum absolute atomic E-state index is 0.0518. The average molecular weight is 440 g/mol. The molecule has 4 heterocycles. The molecule has 1 fully saturated rings. The first kappa shape index (κ1) is 21.4. The Labute approximate surface area is 186 Å². The number of carbonyl (C=O) groups is 1. The molecule has 1 saturated heterocycles. The molecule has 1 atom stereocenters. The lowest BCUT2D eigenvalue weighted by molar-refractivity contribution is -0.128. The van der Waals surface area contributed by atoms with Crippen LogP contribution < -0.4 is 10.1 Å². The second-order valence-corrected chi connectivity index (χ2v) is 9.61. The Morgan fingerprint density at radius 3 is 3.03 bits per heavy atom. The van der Waals surface area contributed by atoms with Crippen molar-refractivity contribution in [2.45, 2.75) is 46.3 Å². The highest BCUT2D eigenvalue weighted by atomic mass is 32.1. The topological polar surface area (TPSA) is 72.3 Å². The van der Waals surface area contributed by atoms with Crippen LogP contribution in [0.1, 0.15) is 31.6 Å². The number of piperidine rings is 1. The van der Waals surface area contributed by atoms with Gasteiger partial charge in [0.2, 0.25) is 11.8 Å². The smallest absolute Gasteiger partial charge is 0.246 e. The molecule has 0 spiro atoms. The predicted molar refractivity (Wildman–Crippen MR) is 125 cm³/mol. The van der Waals surface area contributed by atoms with Gasteiger partial charge in [0.1, 0.15) is 11.9 Å². The average Bonchev–Trinajstić information content (AvgIpc) is 3.33. The number of rotatable bonds is 7. The zero-order valence-corrected chi connectivity index (χ0v) is 19.1. The number of pyridine rings is 1. The van der Waals surface area contributed by atoms with Crippen LogP contribution in [0.5, 0.6) is 5.88 Å². The van der Waals surface area contributed by atoms with Crippen LogP contribution in [0.15, 0.2) is 37.2 Å². The Morgan fingerprint density at radius 2 is 2.32 bits per heavy atom. The Balaban J connectivity index is 1.66. The lowest BCUT2D eigenvalue weighted by Crippen LogP contribution is -2.43. The van der Waals surface area contributed by atoms with Crippen molar-refractivity contribution in [3.63, 3.8) is 0 Å². The molecule has 0 aliphatic carbocycles. The van der Waals surface area contributed by atoms with Crippen LogP contribution in [0.4, 0.5) is 10.9 Å². The summed E-state index contributed by atoms with van der Waals surface area (Å²) in [5, 5.41) is 5.11. The summed E-state index contributed by atoms with van der Waals surface area (Å²) in [5.74, 6) is 1.76. The molecule has 3 aromatic rings. The van der Waals surface area contributed by atoms with Crippen LogP contribution >= 0.6 is 11.3 Å². The van der Waals surface area contributed by atoms with Crippen molar-refractivity contribution in [2.24, 2.45) is 5.92 Å². The third kappa shape index (κ3) is 4.90. The number of likely N-dealkylation sites (tertiary alicyclic amines) is 1. The van der Waals surface area contributed by atoms with E-state index < -0.39 is 0 Å². The van der Waals surface area contributed by atoms with Gasteiger partial charge < -0.3 is 19.5 Å². The molecule has 0 saturated carbocycles. The second-order valence-electron chi connectivity index (χ2n) is 8.38. The number of hydrogen-bond donors (Lipinski definition) is 1. The summed E-state index contributed by atoms with van der Waals surface area (Å²) < 4.78 is 8.62. The molecule has 3 aromatic heterocycles. The highest BCUT2D eigenvalue weighted by molar-refractivity contribution is 7.15. The number of amides is 1. The van der Waals surface area contributed by atoms with E-state index >= 15 is 0 Å². The lowest BCUT2D eigenvalue weighted by Gasteiger charge is -2.32. The fourth-order valence-corrected chi connectivity index (χ4v) is 4.58. The van der Waals surface area contributed by atoms with E-state index in [-0.39, 0.29) is 12.0 Å². The third-order valence-electron chi connectivity index (χ3n) is 5.29. The van der Waals surface area contributed by atoms with E-state index in [0.29, 0.717) is 24.2 Å². The zero-order chi connectivity index (χ0) is 22.0. The van der Waals surface area contributed by atoms with Gasteiger partial charge in [-0.25, -0.2) is 4.98 Å². The second kappa shape index (κ2) is 9.09. The molecular weight excluding hydrogens is 410 g/mol. The number of ether oxygens (including phenoxy) is 1. The first-order valence-corrected chi connectivity index (χ1v) is 11.5. The minimum Gasteiger partial charge on any atom is -0.472 e. The van der Waals surface area contributed by atoms with Gasteiger partial charge in [-0.3, -0.25) is 4.79 Å². The highest BCUT2D eigenvalue weighted by Gasteiger charge is 2.25. The number of anilines is 2. The summed E-state index contributed by atoms with van der Waals surface area (Å²) in [6, 6.07) is 4.11. The largest absolute Gasteiger partial charge is 0.472 e. The van der Waals surface area contributed by atoms with Gasteiger partial charge in [0.25, 0.3) is 0 Å². The van der Waals surface area contributed by atoms with E-state index in [1.807, 2.05) is 13.1 Å². The van der Waals surface area contributed by atoms with Crippen molar-refractivity contribution in [2.75, 3.05) is 18.4 Å². The van der Waals surface area contributed by atoms with Gasteiger partial charge in [-0.1, -0.05) is 20.4 Å². The number of thiazole rings is 1. The summed E-state index contributed by atoms with van der Waals surface area (Å²) >= 11 is 1.59. The van der Waals surface area contributed by atoms with E-state index in [1.165, 1.54) is 6.08 Å². The number of carbonyl (C=O) groups excluding carboxylic acids is 1.